The molecule has 1 atom stereocenters. The van der Waals surface area contributed by atoms with Crippen molar-refractivity contribution in [2.45, 2.75) is 16.4 Å². The number of sulfone groups is 1. The zero-order valence-corrected chi connectivity index (χ0v) is 11.7. The van der Waals surface area contributed by atoms with E-state index in [-0.39, 0.29) is 12.6 Å². The molecule has 0 bridgehead atoms. The summed E-state index contributed by atoms with van der Waals surface area (Å²) in [6, 6.07) is 4.13. The molecular formula is C12H14F3NO4S. The predicted octanol–water partition coefficient (Wildman–Crippen LogP) is 1.18. The van der Waals surface area contributed by atoms with Gasteiger partial charge in [-0.05, 0) is 24.3 Å². The van der Waals surface area contributed by atoms with Gasteiger partial charge < -0.3 is 14.7 Å². The van der Waals surface area contributed by atoms with Gasteiger partial charge >= 0.3 is 5.51 Å². The largest absolute Gasteiger partial charge is 0.501 e. The third-order valence-corrected chi connectivity index (χ3v) is 4.72. The van der Waals surface area contributed by atoms with Crippen molar-refractivity contribution in [1.82, 2.24) is 0 Å². The lowest BCUT2D eigenvalue weighted by atomic mass is 10.2. The van der Waals surface area contributed by atoms with Crippen LogP contribution in [0, 0.1) is 0 Å². The Bertz CT molecular complexity index is 586. The van der Waals surface area contributed by atoms with Gasteiger partial charge in [0.15, 0.2) is 0 Å². The molecule has 1 aliphatic rings. The van der Waals surface area contributed by atoms with Crippen molar-refractivity contribution in [2.75, 3.05) is 31.3 Å². The maximum Gasteiger partial charge on any atom is 0.501 e. The molecule has 0 spiro atoms. The molecular weight excluding hydrogens is 311 g/mol. The Labute approximate surface area is 119 Å². The van der Waals surface area contributed by atoms with Gasteiger partial charge in [0.1, 0.15) is 0 Å². The lowest BCUT2D eigenvalue weighted by molar-refractivity contribution is -0.0436. The van der Waals surface area contributed by atoms with Crippen LogP contribution in [0.3, 0.4) is 0 Å². The molecule has 1 aromatic rings. The van der Waals surface area contributed by atoms with Gasteiger partial charge in [0.05, 0.1) is 30.8 Å². The highest BCUT2D eigenvalue weighted by Crippen LogP contribution is 2.31. The van der Waals surface area contributed by atoms with Gasteiger partial charge in [-0.25, -0.2) is 8.42 Å². The number of ether oxygens (including phenoxy) is 1. The maximum absolute atomic E-state index is 12.4. The van der Waals surface area contributed by atoms with Crippen LogP contribution in [0.15, 0.2) is 29.2 Å². The van der Waals surface area contributed by atoms with Gasteiger partial charge in [0, 0.05) is 12.2 Å². The Morgan fingerprint density at radius 2 is 1.90 bits per heavy atom. The van der Waals surface area contributed by atoms with Gasteiger partial charge in [-0.15, -0.1) is 0 Å². The number of aliphatic hydroxyl groups excluding tert-OH is 1. The second-order valence-corrected chi connectivity index (χ2v) is 6.49. The molecule has 1 N–H and O–H groups in total. The van der Waals surface area contributed by atoms with Gasteiger partial charge in [-0.1, -0.05) is 0 Å². The average molecular weight is 325 g/mol. The normalized spacial score (nSPS) is 20.6. The van der Waals surface area contributed by atoms with E-state index in [0.29, 0.717) is 25.4 Å². The molecule has 2 rings (SSSR count). The van der Waals surface area contributed by atoms with E-state index in [9.17, 15) is 26.7 Å². The summed E-state index contributed by atoms with van der Waals surface area (Å²) in [6.07, 6.45) is 0. The lowest BCUT2D eigenvalue weighted by Gasteiger charge is -2.36. The van der Waals surface area contributed by atoms with Crippen LogP contribution in [0.1, 0.15) is 0 Å². The van der Waals surface area contributed by atoms with Gasteiger partial charge in [0.25, 0.3) is 9.84 Å². The van der Waals surface area contributed by atoms with Crippen LogP contribution in [-0.4, -0.2) is 51.4 Å². The number of anilines is 1. The minimum atomic E-state index is -5.34. The number of nitrogens with zero attached hydrogens (tertiary/aromatic N) is 1. The number of morpholine rings is 1. The van der Waals surface area contributed by atoms with E-state index in [1.54, 1.807) is 4.90 Å². The summed E-state index contributed by atoms with van der Waals surface area (Å²) in [5, 5.41) is 9.25. The van der Waals surface area contributed by atoms with Crippen molar-refractivity contribution in [1.29, 1.82) is 0 Å². The van der Waals surface area contributed by atoms with Crippen molar-refractivity contribution in [2.24, 2.45) is 0 Å². The molecule has 9 heteroatoms. The fraction of sp³-hybridized carbons (Fsp3) is 0.500. The molecule has 0 radical (unpaired) electrons. The van der Waals surface area contributed by atoms with Gasteiger partial charge in [-0.3, -0.25) is 0 Å². The highest BCUT2D eigenvalue weighted by molar-refractivity contribution is 7.92. The van der Waals surface area contributed by atoms with Crippen molar-refractivity contribution < 1.29 is 31.4 Å². The molecule has 1 aromatic carbocycles. The number of halogens is 3. The van der Waals surface area contributed by atoms with Gasteiger partial charge in [-0.2, -0.15) is 13.2 Å². The first-order valence-corrected chi connectivity index (χ1v) is 7.62. The van der Waals surface area contributed by atoms with Crippen LogP contribution in [0.25, 0.3) is 0 Å². The molecule has 0 aliphatic carbocycles. The van der Waals surface area contributed by atoms with Crippen LogP contribution in [-0.2, 0) is 14.6 Å². The summed E-state index contributed by atoms with van der Waals surface area (Å²) in [5.74, 6) is 0. The summed E-state index contributed by atoms with van der Waals surface area (Å²) in [6.45, 7) is 1.04. The molecule has 1 aliphatic heterocycles. The van der Waals surface area contributed by atoms with E-state index in [4.69, 9.17) is 4.74 Å². The number of hydrogen-bond donors (Lipinski definition) is 1. The quantitative estimate of drug-likeness (QED) is 0.904. The molecule has 1 fully saturated rings. The zero-order chi connectivity index (χ0) is 15.7. The smallest absolute Gasteiger partial charge is 0.394 e. The summed E-state index contributed by atoms with van der Waals surface area (Å²) in [7, 11) is -5.34. The highest BCUT2D eigenvalue weighted by Gasteiger charge is 2.46. The highest BCUT2D eigenvalue weighted by atomic mass is 32.2. The first-order valence-electron chi connectivity index (χ1n) is 6.14. The molecule has 118 valence electrons. The topological polar surface area (TPSA) is 66.8 Å². The number of aliphatic hydroxyl groups is 1. The molecule has 5 nitrogen and oxygen atoms in total. The molecule has 0 aromatic heterocycles. The minimum Gasteiger partial charge on any atom is -0.394 e. The van der Waals surface area contributed by atoms with Crippen LogP contribution < -0.4 is 4.90 Å². The molecule has 1 unspecified atom stereocenters. The Morgan fingerprint density at radius 1 is 1.29 bits per heavy atom. The Hall–Kier alpha value is -1.32. The summed E-state index contributed by atoms with van der Waals surface area (Å²) >= 11 is 0. The van der Waals surface area contributed by atoms with Crippen LogP contribution >= 0.6 is 0 Å². The predicted molar refractivity (Wildman–Crippen MR) is 68.7 cm³/mol. The van der Waals surface area contributed by atoms with Crippen molar-refractivity contribution in [3.63, 3.8) is 0 Å². The monoisotopic (exact) mass is 325 g/mol. The molecule has 0 amide bonds. The minimum absolute atomic E-state index is 0.164. The Balaban J connectivity index is 2.27. The van der Waals surface area contributed by atoms with E-state index < -0.39 is 20.2 Å². The van der Waals surface area contributed by atoms with E-state index in [0.717, 1.165) is 12.1 Å². The van der Waals surface area contributed by atoms with Gasteiger partial charge in [0.2, 0.25) is 0 Å². The third-order valence-electron chi connectivity index (χ3n) is 3.22. The number of alkyl halides is 3. The summed E-state index contributed by atoms with van der Waals surface area (Å²) in [5.41, 5.74) is -4.78. The third kappa shape index (κ3) is 3.14. The van der Waals surface area contributed by atoms with Crippen LogP contribution in [0.4, 0.5) is 18.9 Å². The second kappa shape index (κ2) is 5.82. The first-order chi connectivity index (χ1) is 9.77. The number of benzene rings is 1. The lowest BCUT2D eigenvalue weighted by Crippen LogP contribution is -2.47. The first kappa shape index (κ1) is 16.1. The number of hydrogen-bond acceptors (Lipinski definition) is 5. The van der Waals surface area contributed by atoms with E-state index >= 15 is 0 Å². The summed E-state index contributed by atoms with van der Waals surface area (Å²) in [4.78, 5) is 0.973. The van der Waals surface area contributed by atoms with Crippen molar-refractivity contribution in [3.8, 4) is 0 Å². The molecule has 1 heterocycles. The standard InChI is InChI=1S/C12H14F3NO4S/c13-12(14,15)21(18,19)11-3-1-9(2-4-11)16-5-6-20-8-10(16)7-17/h1-4,10,17H,5-8H2. The van der Waals surface area contributed by atoms with E-state index in [2.05, 4.69) is 0 Å². The second-order valence-electron chi connectivity index (χ2n) is 4.55. The summed E-state index contributed by atoms with van der Waals surface area (Å²) < 4.78 is 65.1. The fourth-order valence-corrected chi connectivity index (χ4v) is 2.86. The van der Waals surface area contributed by atoms with Crippen LogP contribution in [0.2, 0.25) is 0 Å². The Kier molecular flexibility index (Phi) is 4.45. The van der Waals surface area contributed by atoms with Crippen molar-refractivity contribution in [3.05, 3.63) is 24.3 Å². The number of rotatable bonds is 3. The van der Waals surface area contributed by atoms with Crippen molar-refractivity contribution >= 4 is 15.5 Å². The Morgan fingerprint density at radius 3 is 2.43 bits per heavy atom. The molecule has 0 saturated carbocycles. The van der Waals surface area contributed by atoms with Crippen LogP contribution in [0.5, 0.6) is 0 Å². The average Bonchev–Trinajstić information content (AvgIpc) is 2.46. The van der Waals surface area contributed by atoms with E-state index in [1.165, 1.54) is 12.1 Å². The molecule has 1 saturated heterocycles. The fourth-order valence-electron chi connectivity index (χ4n) is 2.10. The maximum atomic E-state index is 12.4. The van der Waals surface area contributed by atoms with E-state index in [1.807, 2.05) is 0 Å². The molecule has 21 heavy (non-hydrogen) atoms. The zero-order valence-electron chi connectivity index (χ0n) is 10.9. The SMILES string of the molecule is O=S(=O)(c1ccc(N2CCOCC2CO)cc1)C(F)(F)F.